The van der Waals surface area contributed by atoms with E-state index >= 15 is 0 Å². The van der Waals surface area contributed by atoms with Crippen LogP contribution in [0, 0.1) is 23.6 Å². The maximum atomic E-state index is 14.8. The van der Waals surface area contributed by atoms with Crippen molar-refractivity contribution in [2.75, 3.05) is 11.9 Å². The van der Waals surface area contributed by atoms with Gasteiger partial charge in [-0.2, -0.15) is 14.6 Å². The molecule has 4 heterocycles. The van der Waals surface area contributed by atoms with Gasteiger partial charge in [-0.05, 0) is 57.6 Å². The molecule has 2 aliphatic rings. The summed E-state index contributed by atoms with van der Waals surface area (Å²) in [5, 5.41) is 23.0. The lowest BCUT2D eigenvalue weighted by molar-refractivity contribution is -0.162. The van der Waals surface area contributed by atoms with Gasteiger partial charge in [-0.3, -0.25) is 19.1 Å². The number of carboxylic acid groups (broad SMARTS) is 1. The molecule has 2 atom stereocenters. The first-order valence-corrected chi connectivity index (χ1v) is 16.8. The van der Waals surface area contributed by atoms with E-state index in [1.54, 1.807) is 22.5 Å². The van der Waals surface area contributed by atoms with Crippen molar-refractivity contribution < 1.29 is 37.7 Å². The lowest BCUT2D eigenvalue weighted by Crippen LogP contribution is -2.34. The number of nitrogens with zero attached hydrogens (tertiary/aromatic N) is 6. The highest BCUT2D eigenvalue weighted by Crippen LogP contribution is 2.35. The van der Waals surface area contributed by atoms with Crippen LogP contribution in [0.25, 0.3) is 22.0 Å². The van der Waals surface area contributed by atoms with Crippen molar-refractivity contribution in [1.29, 1.82) is 0 Å². The number of amides is 1. The Labute approximate surface area is 278 Å². The van der Waals surface area contributed by atoms with Gasteiger partial charge in [0.1, 0.15) is 22.1 Å². The molecule has 0 aromatic carbocycles. The lowest BCUT2D eigenvalue weighted by Gasteiger charge is -2.28. The average Bonchev–Trinajstić information content (AvgIpc) is 3.86. The van der Waals surface area contributed by atoms with E-state index in [0.717, 1.165) is 50.7 Å². The van der Waals surface area contributed by atoms with Gasteiger partial charge >= 0.3 is 11.9 Å². The molecule has 4 aromatic rings. The number of rotatable bonds is 11. The molecule has 2 fully saturated rings. The SMILES string of the molecule is CCOC1CCC(n2cc(NC(=O)c3csc(-c4cnn(COC(=O)[C@@H]5CCCC[C@H]5C(=O)O)c4)n3)c(-c3nc(F)ccc3F)n2)CC1. The third kappa shape index (κ3) is 7.44. The van der Waals surface area contributed by atoms with Crippen LogP contribution in [0.3, 0.4) is 0 Å². The summed E-state index contributed by atoms with van der Waals surface area (Å²) in [5.74, 6) is -5.26. The number of ether oxygens (including phenoxy) is 2. The number of pyridine rings is 1. The number of nitrogens with one attached hydrogen (secondary N) is 1. The molecule has 6 rings (SSSR count). The molecular weight excluding hydrogens is 648 g/mol. The Bertz CT molecular complexity index is 1780. The summed E-state index contributed by atoms with van der Waals surface area (Å²) >= 11 is 1.19. The molecule has 0 unspecified atom stereocenters. The van der Waals surface area contributed by atoms with Gasteiger partial charge in [0.05, 0.1) is 35.9 Å². The van der Waals surface area contributed by atoms with Crippen molar-refractivity contribution >= 4 is 34.9 Å². The average molecular weight is 684 g/mol. The maximum absolute atomic E-state index is 14.8. The Morgan fingerprint density at radius 3 is 2.54 bits per heavy atom. The summed E-state index contributed by atoms with van der Waals surface area (Å²) in [5.41, 5.74) is 0.493. The van der Waals surface area contributed by atoms with Crippen LogP contribution in [-0.2, 0) is 25.8 Å². The van der Waals surface area contributed by atoms with Crippen LogP contribution in [0.5, 0.6) is 0 Å². The van der Waals surface area contributed by atoms with Crippen LogP contribution >= 0.6 is 11.3 Å². The van der Waals surface area contributed by atoms with E-state index in [2.05, 4.69) is 25.5 Å². The number of anilines is 1. The highest BCUT2D eigenvalue weighted by molar-refractivity contribution is 7.13. The summed E-state index contributed by atoms with van der Waals surface area (Å²) < 4.78 is 43.1. The number of carbonyl (C=O) groups is 3. The first-order chi connectivity index (χ1) is 23.2. The van der Waals surface area contributed by atoms with Crippen molar-refractivity contribution in [1.82, 2.24) is 29.5 Å². The van der Waals surface area contributed by atoms with Crippen LogP contribution in [-0.4, -0.2) is 65.2 Å². The zero-order chi connectivity index (χ0) is 33.8. The molecule has 0 aliphatic heterocycles. The zero-order valence-electron chi connectivity index (χ0n) is 26.2. The zero-order valence-corrected chi connectivity index (χ0v) is 27.0. The van der Waals surface area contributed by atoms with Gasteiger partial charge in [0.2, 0.25) is 5.95 Å². The van der Waals surface area contributed by atoms with Gasteiger partial charge in [0.25, 0.3) is 5.91 Å². The number of aromatic nitrogens is 6. The fourth-order valence-electron chi connectivity index (χ4n) is 6.33. The van der Waals surface area contributed by atoms with Crippen LogP contribution in [0.1, 0.15) is 74.8 Å². The molecule has 0 spiro atoms. The molecular formula is C32H35F2N7O6S. The Morgan fingerprint density at radius 2 is 1.79 bits per heavy atom. The van der Waals surface area contributed by atoms with E-state index in [-0.39, 0.29) is 41.6 Å². The predicted octanol–water partition coefficient (Wildman–Crippen LogP) is 5.71. The van der Waals surface area contributed by atoms with Crippen molar-refractivity contribution in [3.8, 4) is 22.0 Å². The van der Waals surface area contributed by atoms with Crippen molar-refractivity contribution in [2.45, 2.75) is 77.2 Å². The number of hydrogen-bond acceptors (Lipinski definition) is 10. The van der Waals surface area contributed by atoms with Gasteiger partial charge < -0.3 is 19.9 Å². The van der Waals surface area contributed by atoms with E-state index in [1.807, 2.05) is 6.92 Å². The summed E-state index contributed by atoms with van der Waals surface area (Å²) in [6, 6.07) is 1.86. The predicted molar refractivity (Wildman–Crippen MR) is 169 cm³/mol. The molecule has 254 valence electrons. The number of halogens is 2. The topological polar surface area (TPSA) is 163 Å². The third-order valence-corrected chi connectivity index (χ3v) is 9.67. The Balaban J connectivity index is 1.14. The van der Waals surface area contributed by atoms with Crippen molar-refractivity contribution in [3.63, 3.8) is 0 Å². The highest BCUT2D eigenvalue weighted by atomic mass is 32.1. The summed E-state index contributed by atoms with van der Waals surface area (Å²) in [7, 11) is 0. The van der Waals surface area contributed by atoms with Gasteiger partial charge in [0.15, 0.2) is 12.5 Å². The van der Waals surface area contributed by atoms with Gasteiger partial charge in [-0.15, -0.1) is 11.3 Å². The number of thiazole rings is 1. The summed E-state index contributed by atoms with van der Waals surface area (Å²) in [6.07, 6.45) is 10.5. The van der Waals surface area contributed by atoms with Crippen LogP contribution < -0.4 is 5.32 Å². The van der Waals surface area contributed by atoms with Crippen molar-refractivity contribution in [3.05, 3.63) is 53.6 Å². The molecule has 2 saturated carbocycles. The quantitative estimate of drug-likeness (QED) is 0.148. The molecule has 1 amide bonds. The minimum atomic E-state index is -0.996. The molecule has 0 bridgehead atoms. The number of hydrogen-bond donors (Lipinski definition) is 2. The van der Waals surface area contributed by atoms with Gasteiger partial charge in [0, 0.05) is 29.9 Å². The van der Waals surface area contributed by atoms with E-state index in [9.17, 15) is 28.3 Å². The minimum Gasteiger partial charge on any atom is -0.481 e. The lowest BCUT2D eigenvalue weighted by atomic mass is 9.79. The number of carbonyl (C=O) groups excluding carboxylic acids is 2. The fourth-order valence-corrected chi connectivity index (χ4v) is 7.10. The molecule has 13 nitrogen and oxygen atoms in total. The fraction of sp³-hybridized carbons (Fsp3) is 0.469. The molecule has 0 saturated heterocycles. The van der Waals surface area contributed by atoms with Crippen LogP contribution in [0.2, 0.25) is 0 Å². The monoisotopic (exact) mass is 683 g/mol. The first-order valence-electron chi connectivity index (χ1n) is 15.9. The molecule has 4 aromatic heterocycles. The standard InChI is InChI=1S/C32H35F2N7O6S/c1-2-46-20-9-7-19(8-10-20)41-15-24(28(39-41)27-23(33)11-12-26(34)38-27)36-29(42)25-16-48-30(37-25)18-13-35-40(14-18)17-47-32(45)22-6-4-3-5-21(22)31(43)44/h11-16,19-22H,2-10,17H2,1H3,(H,36,42)(H,43,44)/t19?,20?,21-,22-/m1/s1. The molecule has 2 aliphatic carbocycles. The van der Waals surface area contributed by atoms with Gasteiger partial charge in [-0.25, -0.2) is 19.0 Å². The highest BCUT2D eigenvalue weighted by Gasteiger charge is 2.37. The number of aliphatic carboxylic acids is 1. The molecule has 48 heavy (non-hydrogen) atoms. The van der Waals surface area contributed by atoms with Crippen molar-refractivity contribution in [2.24, 2.45) is 11.8 Å². The second-order valence-corrected chi connectivity index (χ2v) is 12.8. The minimum absolute atomic E-state index is 0.00135. The Morgan fingerprint density at radius 1 is 1.02 bits per heavy atom. The second kappa shape index (κ2) is 14.7. The van der Waals surface area contributed by atoms with E-state index in [4.69, 9.17) is 9.47 Å². The Hall–Kier alpha value is -4.57. The maximum Gasteiger partial charge on any atom is 0.311 e. The molecule has 2 N–H and O–H groups in total. The third-order valence-electron chi connectivity index (χ3n) is 8.78. The largest absolute Gasteiger partial charge is 0.481 e. The number of esters is 1. The normalized spacial score (nSPS) is 21.1. The molecule has 16 heteroatoms. The summed E-state index contributed by atoms with van der Waals surface area (Å²) in [4.78, 5) is 45.7. The second-order valence-electron chi connectivity index (χ2n) is 11.9. The van der Waals surface area contributed by atoms with E-state index in [0.29, 0.717) is 30.0 Å². The van der Waals surface area contributed by atoms with E-state index < -0.39 is 41.4 Å². The van der Waals surface area contributed by atoms with Crippen LogP contribution in [0.4, 0.5) is 14.5 Å². The summed E-state index contributed by atoms with van der Waals surface area (Å²) in [6.45, 7) is 2.39. The first kappa shape index (κ1) is 33.3. The van der Waals surface area contributed by atoms with Gasteiger partial charge in [-0.1, -0.05) is 12.8 Å². The smallest absolute Gasteiger partial charge is 0.311 e. The Kier molecular flexibility index (Phi) is 10.2. The van der Waals surface area contributed by atoms with Crippen LogP contribution in [0.15, 0.2) is 36.1 Å². The number of carboxylic acids is 1. The molecule has 0 radical (unpaired) electrons. The van der Waals surface area contributed by atoms with E-state index in [1.165, 1.54) is 22.2 Å².